The lowest BCUT2D eigenvalue weighted by molar-refractivity contribution is -0.122. The van der Waals surface area contributed by atoms with E-state index in [1.165, 1.54) is 0 Å². The SMILES string of the molecule is CCOc1ccc2nc(N(CCN(CC)CC)C(=O)C3CCCC3)sc2c1.Cl. The van der Waals surface area contributed by atoms with E-state index in [0.29, 0.717) is 13.2 Å². The van der Waals surface area contributed by atoms with Crippen molar-refractivity contribution in [2.75, 3.05) is 37.7 Å². The lowest BCUT2D eigenvalue weighted by Gasteiger charge is -2.26. The van der Waals surface area contributed by atoms with Gasteiger partial charge in [-0.05, 0) is 51.1 Å². The number of hydrogen-bond donors (Lipinski definition) is 0. The molecule has 1 fully saturated rings. The second kappa shape index (κ2) is 11.0. The zero-order chi connectivity index (χ0) is 19.2. The summed E-state index contributed by atoms with van der Waals surface area (Å²) in [5.74, 6) is 1.27. The number of hydrogen-bond acceptors (Lipinski definition) is 5. The number of nitrogens with zero attached hydrogens (tertiary/aromatic N) is 3. The van der Waals surface area contributed by atoms with E-state index in [9.17, 15) is 4.79 Å². The first-order chi connectivity index (χ1) is 13.2. The summed E-state index contributed by atoms with van der Waals surface area (Å²) in [6, 6.07) is 5.97. The molecule has 0 saturated heterocycles. The van der Waals surface area contributed by atoms with Crippen LogP contribution in [-0.2, 0) is 4.79 Å². The summed E-state index contributed by atoms with van der Waals surface area (Å²) in [6.45, 7) is 10.5. The Hall–Kier alpha value is -1.37. The Kier molecular flexibility index (Phi) is 8.99. The van der Waals surface area contributed by atoms with Gasteiger partial charge in [0.2, 0.25) is 5.91 Å². The van der Waals surface area contributed by atoms with Crippen LogP contribution in [0.4, 0.5) is 5.13 Å². The third kappa shape index (κ3) is 5.37. The second-order valence-corrected chi connectivity index (χ2v) is 8.07. The van der Waals surface area contributed by atoms with Crippen LogP contribution >= 0.6 is 23.7 Å². The van der Waals surface area contributed by atoms with E-state index in [4.69, 9.17) is 9.72 Å². The van der Waals surface area contributed by atoms with Crippen LogP contribution in [0, 0.1) is 5.92 Å². The van der Waals surface area contributed by atoms with Crippen LogP contribution in [0.5, 0.6) is 5.75 Å². The number of amides is 1. The molecular weight excluding hydrogens is 394 g/mol. The molecule has 0 radical (unpaired) electrons. The number of anilines is 1. The average Bonchev–Trinajstić information content (AvgIpc) is 3.34. The van der Waals surface area contributed by atoms with Crippen LogP contribution in [0.25, 0.3) is 10.2 Å². The maximum Gasteiger partial charge on any atom is 0.231 e. The third-order valence-corrected chi connectivity index (χ3v) is 6.44. The minimum absolute atomic E-state index is 0. The fraction of sp³-hybridized carbons (Fsp3) is 0.619. The van der Waals surface area contributed by atoms with Gasteiger partial charge in [0.15, 0.2) is 5.13 Å². The highest BCUT2D eigenvalue weighted by molar-refractivity contribution is 7.22. The van der Waals surface area contributed by atoms with Gasteiger partial charge in [-0.15, -0.1) is 12.4 Å². The van der Waals surface area contributed by atoms with Crippen LogP contribution in [0.3, 0.4) is 0 Å². The average molecular weight is 426 g/mol. The Morgan fingerprint density at radius 3 is 2.54 bits per heavy atom. The van der Waals surface area contributed by atoms with Crippen LogP contribution in [0.1, 0.15) is 46.5 Å². The van der Waals surface area contributed by atoms with Gasteiger partial charge in [-0.3, -0.25) is 9.69 Å². The number of carbonyl (C=O) groups excluding carboxylic acids is 1. The first-order valence-corrected chi connectivity index (χ1v) is 11.0. The summed E-state index contributed by atoms with van der Waals surface area (Å²) in [6.07, 6.45) is 4.36. The van der Waals surface area contributed by atoms with Gasteiger partial charge in [0, 0.05) is 19.0 Å². The van der Waals surface area contributed by atoms with Gasteiger partial charge in [0.25, 0.3) is 0 Å². The van der Waals surface area contributed by atoms with E-state index in [-0.39, 0.29) is 24.2 Å². The minimum Gasteiger partial charge on any atom is -0.494 e. The highest BCUT2D eigenvalue weighted by Crippen LogP contribution is 2.34. The van der Waals surface area contributed by atoms with Crippen LogP contribution in [-0.4, -0.2) is 48.6 Å². The van der Waals surface area contributed by atoms with Crippen LogP contribution < -0.4 is 9.64 Å². The Morgan fingerprint density at radius 2 is 1.89 bits per heavy atom. The fourth-order valence-electron chi connectivity index (χ4n) is 3.74. The number of fused-ring (bicyclic) bond motifs is 1. The van der Waals surface area contributed by atoms with Gasteiger partial charge in [0.05, 0.1) is 16.8 Å². The molecule has 1 aliphatic carbocycles. The maximum absolute atomic E-state index is 13.2. The molecule has 1 aromatic carbocycles. The molecule has 0 bridgehead atoms. The predicted molar refractivity (Wildman–Crippen MR) is 120 cm³/mol. The van der Waals surface area contributed by atoms with Gasteiger partial charge < -0.3 is 9.64 Å². The Bertz CT molecular complexity index is 757. The van der Waals surface area contributed by atoms with Gasteiger partial charge in [-0.1, -0.05) is 38.0 Å². The second-order valence-electron chi connectivity index (χ2n) is 7.06. The van der Waals surface area contributed by atoms with Crippen molar-refractivity contribution in [1.82, 2.24) is 9.88 Å². The zero-order valence-electron chi connectivity index (χ0n) is 17.1. The molecule has 1 aliphatic rings. The lowest BCUT2D eigenvalue weighted by Crippen LogP contribution is -2.41. The van der Waals surface area contributed by atoms with Gasteiger partial charge in [0.1, 0.15) is 5.75 Å². The van der Waals surface area contributed by atoms with Crippen molar-refractivity contribution in [2.24, 2.45) is 5.92 Å². The van der Waals surface area contributed by atoms with E-state index in [0.717, 1.165) is 66.4 Å². The molecule has 3 rings (SSSR count). The van der Waals surface area contributed by atoms with Crippen molar-refractivity contribution < 1.29 is 9.53 Å². The highest BCUT2D eigenvalue weighted by atomic mass is 35.5. The summed E-state index contributed by atoms with van der Waals surface area (Å²) < 4.78 is 6.68. The number of benzene rings is 1. The molecule has 1 aromatic heterocycles. The predicted octanol–water partition coefficient (Wildman–Crippen LogP) is 4.98. The zero-order valence-corrected chi connectivity index (χ0v) is 18.8. The van der Waals surface area contributed by atoms with Crippen molar-refractivity contribution in [3.8, 4) is 5.75 Å². The molecule has 2 aromatic rings. The summed E-state index contributed by atoms with van der Waals surface area (Å²) in [7, 11) is 0. The van der Waals surface area contributed by atoms with Crippen LogP contribution in [0.2, 0.25) is 0 Å². The molecule has 1 amide bonds. The van der Waals surface area contributed by atoms with Crippen molar-refractivity contribution in [1.29, 1.82) is 0 Å². The number of rotatable bonds is 9. The summed E-state index contributed by atoms with van der Waals surface area (Å²) in [5.41, 5.74) is 0.936. The number of thiazole rings is 1. The fourth-order valence-corrected chi connectivity index (χ4v) is 4.76. The van der Waals surface area contributed by atoms with Gasteiger partial charge in [-0.25, -0.2) is 4.98 Å². The molecule has 28 heavy (non-hydrogen) atoms. The molecule has 1 saturated carbocycles. The van der Waals surface area contributed by atoms with Crippen LogP contribution in [0.15, 0.2) is 18.2 Å². The standard InChI is InChI=1S/C21H31N3O2S.ClH/c1-4-23(5-2)13-14-24(20(25)16-9-7-8-10-16)21-22-18-12-11-17(26-6-3)15-19(18)27-21;/h11-12,15-16H,4-10,13-14H2,1-3H3;1H. The molecule has 7 heteroatoms. The molecule has 0 aliphatic heterocycles. The molecule has 5 nitrogen and oxygen atoms in total. The lowest BCUT2D eigenvalue weighted by atomic mass is 10.1. The van der Waals surface area contributed by atoms with E-state index in [1.54, 1.807) is 11.3 Å². The Balaban J connectivity index is 0.00000280. The number of aromatic nitrogens is 1. The van der Waals surface area contributed by atoms with E-state index < -0.39 is 0 Å². The van der Waals surface area contributed by atoms with E-state index in [2.05, 4.69) is 18.7 Å². The first-order valence-electron chi connectivity index (χ1n) is 10.2. The topological polar surface area (TPSA) is 45.7 Å². The quantitative estimate of drug-likeness (QED) is 0.568. The highest BCUT2D eigenvalue weighted by Gasteiger charge is 2.29. The largest absolute Gasteiger partial charge is 0.494 e. The molecule has 0 spiro atoms. The number of carbonyl (C=O) groups is 1. The van der Waals surface area contributed by atoms with Crippen molar-refractivity contribution in [3.05, 3.63) is 18.2 Å². The minimum atomic E-state index is 0. The smallest absolute Gasteiger partial charge is 0.231 e. The summed E-state index contributed by atoms with van der Waals surface area (Å²) in [5, 5.41) is 0.822. The van der Waals surface area contributed by atoms with E-state index in [1.807, 2.05) is 30.0 Å². The van der Waals surface area contributed by atoms with Crippen molar-refractivity contribution in [2.45, 2.75) is 46.5 Å². The molecule has 0 N–H and O–H groups in total. The molecule has 1 heterocycles. The number of likely N-dealkylation sites (N-methyl/N-ethyl adjacent to an activating group) is 1. The monoisotopic (exact) mass is 425 g/mol. The first kappa shape index (κ1) is 22.9. The molecular formula is C21H32ClN3O2S. The Morgan fingerprint density at radius 1 is 1.18 bits per heavy atom. The molecule has 156 valence electrons. The third-order valence-electron chi connectivity index (χ3n) is 5.40. The maximum atomic E-state index is 13.2. The van der Waals surface area contributed by atoms with Gasteiger partial charge in [-0.2, -0.15) is 0 Å². The summed E-state index contributed by atoms with van der Waals surface area (Å²) >= 11 is 1.59. The summed E-state index contributed by atoms with van der Waals surface area (Å²) in [4.78, 5) is 22.3. The normalized spacial score (nSPS) is 14.4. The van der Waals surface area contributed by atoms with Gasteiger partial charge >= 0.3 is 0 Å². The van der Waals surface area contributed by atoms with Crippen molar-refractivity contribution >= 4 is 45.0 Å². The number of ether oxygens (including phenoxy) is 1. The molecule has 0 unspecified atom stereocenters. The number of halogens is 1. The van der Waals surface area contributed by atoms with Crippen molar-refractivity contribution in [3.63, 3.8) is 0 Å². The van der Waals surface area contributed by atoms with E-state index >= 15 is 0 Å². The molecule has 0 atom stereocenters. The Labute approximate surface area is 178 Å².